The first-order valence-electron chi connectivity index (χ1n) is 8.17. The number of aryl methyl sites for hydroxylation is 1. The lowest BCUT2D eigenvalue weighted by atomic mass is 10.2. The summed E-state index contributed by atoms with van der Waals surface area (Å²) in [6, 6.07) is 12.0. The quantitative estimate of drug-likeness (QED) is 0.765. The topological polar surface area (TPSA) is 58.0 Å². The Labute approximate surface area is 145 Å². The molecule has 0 spiro atoms. The third-order valence-corrected chi connectivity index (χ3v) is 4.77. The molecule has 1 N–H and O–H groups in total. The van der Waals surface area contributed by atoms with Crippen molar-refractivity contribution in [1.29, 1.82) is 0 Å². The molecule has 1 atom stereocenters. The highest BCUT2D eigenvalue weighted by Gasteiger charge is 2.29. The third-order valence-electron chi connectivity index (χ3n) is 4.44. The van der Waals surface area contributed by atoms with Crippen molar-refractivity contribution in [3.63, 3.8) is 0 Å². The highest BCUT2D eigenvalue weighted by Crippen LogP contribution is 2.33. The van der Waals surface area contributed by atoms with Crippen LogP contribution in [0.1, 0.15) is 36.3 Å². The highest BCUT2D eigenvalue weighted by molar-refractivity contribution is 6.33. The maximum absolute atomic E-state index is 6.25. The number of H-pyrrole nitrogens is 1. The summed E-state index contributed by atoms with van der Waals surface area (Å²) in [5, 5.41) is 7.97. The van der Waals surface area contributed by atoms with Crippen molar-refractivity contribution in [2.75, 3.05) is 6.54 Å². The van der Waals surface area contributed by atoms with Crippen LogP contribution in [0.25, 0.3) is 11.3 Å². The molecule has 3 heterocycles. The second kappa shape index (κ2) is 6.42. The number of aromatic amines is 1. The van der Waals surface area contributed by atoms with Crippen molar-refractivity contribution >= 4 is 11.6 Å². The lowest BCUT2D eigenvalue weighted by molar-refractivity contribution is 0.222. The normalized spacial score (nSPS) is 18.3. The Hall–Kier alpha value is -2.11. The zero-order valence-electron chi connectivity index (χ0n) is 13.5. The number of hydrogen-bond donors (Lipinski definition) is 1. The number of rotatable bonds is 4. The van der Waals surface area contributed by atoms with E-state index in [0.717, 1.165) is 54.7 Å². The van der Waals surface area contributed by atoms with Gasteiger partial charge in [-0.1, -0.05) is 23.7 Å². The maximum Gasteiger partial charge on any atom is 0.167 e. The minimum absolute atomic E-state index is 0.254. The van der Waals surface area contributed by atoms with Crippen molar-refractivity contribution in [1.82, 2.24) is 20.1 Å². The van der Waals surface area contributed by atoms with Gasteiger partial charge in [-0.05, 0) is 50.6 Å². The van der Waals surface area contributed by atoms with Crippen LogP contribution >= 0.6 is 11.6 Å². The van der Waals surface area contributed by atoms with E-state index < -0.39 is 0 Å². The molecule has 0 saturated carbocycles. The fraction of sp³-hybridized carbons (Fsp3) is 0.333. The summed E-state index contributed by atoms with van der Waals surface area (Å²) in [7, 11) is 0. The summed E-state index contributed by atoms with van der Waals surface area (Å²) in [5.41, 5.74) is 0.924. The predicted molar refractivity (Wildman–Crippen MR) is 92.7 cm³/mol. The molecule has 0 aliphatic carbocycles. The summed E-state index contributed by atoms with van der Waals surface area (Å²) in [6.45, 7) is 3.71. The van der Waals surface area contributed by atoms with E-state index in [1.54, 1.807) is 0 Å². The predicted octanol–water partition coefficient (Wildman–Crippen LogP) is 4.36. The molecule has 0 amide bonds. The molecule has 6 heteroatoms. The van der Waals surface area contributed by atoms with Crippen molar-refractivity contribution < 1.29 is 4.42 Å². The Kier molecular flexibility index (Phi) is 4.12. The van der Waals surface area contributed by atoms with Gasteiger partial charge in [-0.2, -0.15) is 5.10 Å². The van der Waals surface area contributed by atoms with Crippen LogP contribution in [0, 0.1) is 6.92 Å². The van der Waals surface area contributed by atoms with E-state index in [1.807, 2.05) is 43.3 Å². The van der Waals surface area contributed by atoms with Crippen molar-refractivity contribution in [3.8, 4) is 11.3 Å². The van der Waals surface area contributed by atoms with E-state index in [1.165, 1.54) is 0 Å². The molecule has 1 saturated heterocycles. The van der Waals surface area contributed by atoms with Crippen LogP contribution in [0.4, 0.5) is 0 Å². The van der Waals surface area contributed by atoms with Gasteiger partial charge in [0.05, 0.1) is 17.6 Å². The monoisotopic (exact) mass is 342 g/mol. The first-order valence-corrected chi connectivity index (χ1v) is 8.55. The zero-order chi connectivity index (χ0) is 16.5. The molecule has 124 valence electrons. The molecule has 1 aliphatic heterocycles. The minimum atomic E-state index is 0.254. The van der Waals surface area contributed by atoms with Gasteiger partial charge < -0.3 is 4.42 Å². The molecule has 24 heavy (non-hydrogen) atoms. The van der Waals surface area contributed by atoms with Crippen LogP contribution in [0.3, 0.4) is 0 Å². The number of halogens is 1. The largest absolute Gasteiger partial charge is 0.460 e. The Balaban J connectivity index is 1.52. The number of benzene rings is 1. The Bertz CT molecular complexity index is 841. The molecular formula is C18H19ClN4O. The third kappa shape index (κ3) is 2.97. The van der Waals surface area contributed by atoms with Gasteiger partial charge in [-0.15, -0.1) is 0 Å². The van der Waals surface area contributed by atoms with Gasteiger partial charge in [0.1, 0.15) is 17.3 Å². The molecule has 1 aliphatic rings. The number of aromatic nitrogens is 3. The second-order valence-corrected chi connectivity index (χ2v) is 6.56. The van der Waals surface area contributed by atoms with Crippen LogP contribution < -0.4 is 0 Å². The van der Waals surface area contributed by atoms with E-state index in [4.69, 9.17) is 16.0 Å². The van der Waals surface area contributed by atoms with Gasteiger partial charge in [0.25, 0.3) is 0 Å². The van der Waals surface area contributed by atoms with E-state index >= 15 is 0 Å². The SMILES string of the molecule is Cc1nc([C@@H]2CCCN2Cc2ccc(-c3ccccc3Cl)o2)n[nH]1. The van der Waals surface area contributed by atoms with E-state index in [2.05, 4.69) is 20.1 Å². The molecule has 0 bridgehead atoms. The van der Waals surface area contributed by atoms with E-state index in [-0.39, 0.29) is 6.04 Å². The van der Waals surface area contributed by atoms with Gasteiger partial charge in [0.15, 0.2) is 5.82 Å². The van der Waals surface area contributed by atoms with Crippen LogP contribution in [-0.4, -0.2) is 26.6 Å². The van der Waals surface area contributed by atoms with Gasteiger partial charge in [-0.3, -0.25) is 10.00 Å². The smallest absolute Gasteiger partial charge is 0.167 e. The number of nitrogens with one attached hydrogen (secondary N) is 1. The average molecular weight is 343 g/mol. The number of hydrogen-bond acceptors (Lipinski definition) is 4. The lowest BCUT2D eigenvalue weighted by Crippen LogP contribution is -2.23. The Morgan fingerprint density at radius 3 is 2.96 bits per heavy atom. The lowest BCUT2D eigenvalue weighted by Gasteiger charge is -2.20. The molecule has 3 aromatic rings. The molecule has 4 rings (SSSR count). The minimum Gasteiger partial charge on any atom is -0.460 e. The number of nitrogens with zero attached hydrogens (tertiary/aromatic N) is 3. The van der Waals surface area contributed by atoms with Crippen LogP contribution in [-0.2, 0) is 6.54 Å². The molecule has 5 nitrogen and oxygen atoms in total. The van der Waals surface area contributed by atoms with Crippen LogP contribution in [0.15, 0.2) is 40.8 Å². The molecular weight excluding hydrogens is 324 g/mol. The summed E-state index contributed by atoms with van der Waals surface area (Å²) in [6.07, 6.45) is 2.23. The molecule has 1 aromatic carbocycles. The standard InChI is InChI=1S/C18H19ClN4O/c1-12-20-18(22-21-12)16-7-4-10-23(16)11-13-8-9-17(24-13)14-5-2-3-6-15(14)19/h2-3,5-6,8-9,16H,4,7,10-11H2,1H3,(H,20,21,22)/t16-/m0/s1. The van der Waals surface area contributed by atoms with Crippen LogP contribution in [0.2, 0.25) is 5.02 Å². The van der Waals surface area contributed by atoms with Gasteiger partial charge in [0.2, 0.25) is 0 Å². The van der Waals surface area contributed by atoms with Crippen molar-refractivity contribution in [2.45, 2.75) is 32.4 Å². The van der Waals surface area contributed by atoms with Gasteiger partial charge >= 0.3 is 0 Å². The first kappa shape index (κ1) is 15.4. The summed E-state index contributed by atoms with van der Waals surface area (Å²) in [5.74, 6) is 3.47. The highest BCUT2D eigenvalue weighted by atomic mass is 35.5. The molecule has 1 fully saturated rings. The maximum atomic E-state index is 6.25. The van der Waals surface area contributed by atoms with Gasteiger partial charge in [0, 0.05) is 5.56 Å². The fourth-order valence-corrected chi connectivity index (χ4v) is 3.51. The van der Waals surface area contributed by atoms with Crippen molar-refractivity contribution in [3.05, 3.63) is 58.8 Å². The Morgan fingerprint density at radius 1 is 1.29 bits per heavy atom. The molecule has 0 unspecified atom stereocenters. The summed E-state index contributed by atoms with van der Waals surface area (Å²) in [4.78, 5) is 6.87. The second-order valence-electron chi connectivity index (χ2n) is 6.15. The Morgan fingerprint density at radius 2 is 2.17 bits per heavy atom. The van der Waals surface area contributed by atoms with Gasteiger partial charge in [-0.25, -0.2) is 4.98 Å². The van der Waals surface area contributed by atoms with E-state index in [9.17, 15) is 0 Å². The average Bonchev–Trinajstić information content (AvgIpc) is 3.29. The first-order chi connectivity index (χ1) is 11.7. The van der Waals surface area contributed by atoms with Crippen molar-refractivity contribution in [2.24, 2.45) is 0 Å². The fourth-order valence-electron chi connectivity index (χ4n) is 3.29. The number of furan rings is 1. The molecule has 0 radical (unpaired) electrons. The zero-order valence-corrected chi connectivity index (χ0v) is 14.3. The summed E-state index contributed by atoms with van der Waals surface area (Å²) >= 11 is 6.25. The van der Waals surface area contributed by atoms with Crippen LogP contribution in [0.5, 0.6) is 0 Å². The van der Waals surface area contributed by atoms with E-state index in [0.29, 0.717) is 5.02 Å². The number of likely N-dealkylation sites (tertiary alicyclic amines) is 1. The molecule has 2 aromatic heterocycles. The summed E-state index contributed by atoms with van der Waals surface area (Å²) < 4.78 is 6.03.